The van der Waals surface area contributed by atoms with Gasteiger partial charge in [-0.1, -0.05) is 23.2 Å². The summed E-state index contributed by atoms with van der Waals surface area (Å²) < 4.78 is 19.5. The van der Waals surface area contributed by atoms with Crippen LogP contribution in [-0.4, -0.2) is 35.7 Å². The van der Waals surface area contributed by atoms with Gasteiger partial charge in [-0.15, -0.1) is 0 Å². The topological polar surface area (TPSA) is 41.6 Å². The first kappa shape index (κ1) is 18.1. The molecule has 0 radical (unpaired) electrons. The second-order valence-electron chi connectivity index (χ2n) is 6.63. The third-order valence-electron chi connectivity index (χ3n) is 3.47. The molecular weight excluding hydrogens is 342 g/mol. The van der Waals surface area contributed by atoms with Gasteiger partial charge in [-0.25, -0.2) is 9.18 Å². The third kappa shape index (κ3) is 4.88. The van der Waals surface area contributed by atoms with Crippen LogP contribution in [-0.2, 0) is 4.74 Å². The van der Waals surface area contributed by atoms with Crippen LogP contribution >= 0.6 is 23.2 Å². The molecule has 0 aliphatic carbocycles. The van der Waals surface area contributed by atoms with E-state index >= 15 is 0 Å². The van der Waals surface area contributed by atoms with Gasteiger partial charge in [0.25, 0.3) is 0 Å². The largest absolute Gasteiger partial charge is 0.444 e. The molecule has 1 amide bonds. The van der Waals surface area contributed by atoms with E-state index in [-0.39, 0.29) is 27.9 Å². The predicted molar refractivity (Wildman–Crippen MR) is 90.9 cm³/mol. The van der Waals surface area contributed by atoms with Crippen LogP contribution < -0.4 is 5.32 Å². The highest BCUT2D eigenvalue weighted by Crippen LogP contribution is 2.31. The number of likely N-dealkylation sites (tertiary alicyclic amines) is 1. The SMILES string of the molecule is CC(C)(C)OC(=O)N1CCCC(Nc2ccc(Cl)c(Cl)c2F)C1. The average molecular weight is 363 g/mol. The maximum absolute atomic E-state index is 14.1. The highest BCUT2D eigenvalue weighted by atomic mass is 35.5. The predicted octanol–water partition coefficient (Wildman–Crippen LogP) is 4.94. The molecule has 1 aliphatic rings. The maximum Gasteiger partial charge on any atom is 0.410 e. The van der Waals surface area contributed by atoms with Gasteiger partial charge in [0.05, 0.1) is 15.7 Å². The normalized spacial score (nSPS) is 18.7. The van der Waals surface area contributed by atoms with Crippen LogP contribution in [0.15, 0.2) is 12.1 Å². The van der Waals surface area contributed by atoms with E-state index in [9.17, 15) is 9.18 Å². The fourth-order valence-electron chi connectivity index (χ4n) is 2.44. The minimum absolute atomic E-state index is 0.0667. The monoisotopic (exact) mass is 362 g/mol. The molecule has 1 heterocycles. The average Bonchev–Trinajstić information content (AvgIpc) is 2.46. The van der Waals surface area contributed by atoms with Crippen molar-refractivity contribution in [3.63, 3.8) is 0 Å². The number of piperidine rings is 1. The van der Waals surface area contributed by atoms with Crippen LogP contribution in [0.5, 0.6) is 0 Å². The van der Waals surface area contributed by atoms with E-state index in [0.717, 1.165) is 12.8 Å². The van der Waals surface area contributed by atoms with E-state index in [1.54, 1.807) is 17.0 Å². The van der Waals surface area contributed by atoms with Crippen LogP contribution in [0, 0.1) is 5.82 Å². The molecule has 128 valence electrons. The molecule has 2 rings (SSSR count). The van der Waals surface area contributed by atoms with Crippen molar-refractivity contribution in [2.45, 2.75) is 45.3 Å². The van der Waals surface area contributed by atoms with Gasteiger partial charge in [-0.05, 0) is 45.7 Å². The van der Waals surface area contributed by atoms with Crippen molar-refractivity contribution in [2.24, 2.45) is 0 Å². The van der Waals surface area contributed by atoms with Crippen molar-refractivity contribution in [1.82, 2.24) is 4.90 Å². The first-order valence-corrected chi connectivity index (χ1v) is 8.31. The Bertz CT molecular complexity index is 590. The summed E-state index contributed by atoms with van der Waals surface area (Å²) >= 11 is 11.6. The molecule has 0 aromatic heterocycles. The number of amides is 1. The number of hydrogen-bond acceptors (Lipinski definition) is 3. The number of anilines is 1. The molecule has 7 heteroatoms. The maximum atomic E-state index is 14.1. The van der Waals surface area contributed by atoms with Gasteiger partial charge in [0.15, 0.2) is 5.82 Å². The number of rotatable bonds is 2. The van der Waals surface area contributed by atoms with E-state index in [4.69, 9.17) is 27.9 Å². The van der Waals surface area contributed by atoms with Crippen molar-refractivity contribution in [1.29, 1.82) is 0 Å². The Morgan fingerprint density at radius 3 is 2.74 bits per heavy atom. The van der Waals surface area contributed by atoms with Gasteiger partial charge < -0.3 is 15.0 Å². The smallest absolute Gasteiger partial charge is 0.410 e. The molecule has 1 N–H and O–H groups in total. The molecule has 1 atom stereocenters. The van der Waals surface area contributed by atoms with Gasteiger partial charge in [-0.3, -0.25) is 0 Å². The molecule has 23 heavy (non-hydrogen) atoms. The van der Waals surface area contributed by atoms with Gasteiger partial charge in [0.1, 0.15) is 5.60 Å². The summed E-state index contributed by atoms with van der Waals surface area (Å²) in [6.45, 7) is 6.58. The number of carbonyl (C=O) groups is 1. The fourth-order valence-corrected chi connectivity index (χ4v) is 2.76. The Labute approximate surface area is 145 Å². The summed E-state index contributed by atoms with van der Waals surface area (Å²) in [5, 5.41) is 3.17. The lowest BCUT2D eigenvalue weighted by atomic mass is 10.1. The van der Waals surface area contributed by atoms with E-state index in [1.165, 1.54) is 0 Å². The molecule has 1 aromatic rings. The minimum Gasteiger partial charge on any atom is -0.444 e. The summed E-state index contributed by atoms with van der Waals surface area (Å²) in [5.41, 5.74) is -0.247. The molecule has 1 aliphatic heterocycles. The molecule has 1 aromatic carbocycles. The van der Waals surface area contributed by atoms with Crippen LogP contribution in [0.25, 0.3) is 0 Å². The highest BCUT2D eigenvalue weighted by Gasteiger charge is 2.28. The van der Waals surface area contributed by atoms with Gasteiger partial charge in [0.2, 0.25) is 0 Å². The zero-order valence-electron chi connectivity index (χ0n) is 13.5. The van der Waals surface area contributed by atoms with E-state index in [2.05, 4.69) is 5.32 Å². The lowest BCUT2D eigenvalue weighted by Gasteiger charge is -2.34. The Hall–Kier alpha value is -1.20. The van der Waals surface area contributed by atoms with Crippen molar-refractivity contribution < 1.29 is 13.9 Å². The van der Waals surface area contributed by atoms with E-state index < -0.39 is 11.4 Å². The summed E-state index contributed by atoms with van der Waals surface area (Å²) in [7, 11) is 0. The summed E-state index contributed by atoms with van der Waals surface area (Å²) in [4.78, 5) is 13.8. The van der Waals surface area contributed by atoms with Gasteiger partial charge in [0, 0.05) is 19.1 Å². The molecular formula is C16H21Cl2FN2O2. The van der Waals surface area contributed by atoms with E-state index in [1.807, 2.05) is 20.8 Å². The number of nitrogens with zero attached hydrogens (tertiary/aromatic N) is 1. The van der Waals surface area contributed by atoms with E-state index in [0.29, 0.717) is 13.1 Å². The first-order chi connectivity index (χ1) is 10.7. The van der Waals surface area contributed by atoms with Crippen molar-refractivity contribution in [2.75, 3.05) is 18.4 Å². The number of halogens is 3. The molecule has 1 unspecified atom stereocenters. The number of nitrogens with one attached hydrogen (secondary N) is 1. The van der Waals surface area contributed by atoms with Crippen molar-refractivity contribution in [3.05, 3.63) is 28.0 Å². The Balaban J connectivity index is 2.02. The number of ether oxygens (including phenoxy) is 1. The zero-order chi connectivity index (χ0) is 17.2. The zero-order valence-corrected chi connectivity index (χ0v) is 15.0. The number of hydrogen-bond donors (Lipinski definition) is 1. The summed E-state index contributed by atoms with van der Waals surface area (Å²) in [5.74, 6) is -0.575. The quantitative estimate of drug-likeness (QED) is 0.757. The Kier molecular flexibility index (Phi) is 5.63. The van der Waals surface area contributed by atoms with Gasteiger partial charge in [-0.2, -0.15) is 0 Å². The molecule has 0 saturated carbocycles. The van der Waals surface area contributed by atoms with Crippen LogP contribution in [0.2, 0.25) is 10.0 Å². The van der Waals surface area contributed by atoms with Crippen LogP contribution in [0.4, 0.5) is 14.9 Å². The van der Waals surface area contributed by atoms with Crippen molar-refractivity contribution >= 4 is 35.0 Å². The highest BCUT2D eigenvalue weighted by molar-refractivity contribution is 6.42. The van der Waals surface area contributed by atoms with Gasteiger partial charge >= 0.3 is 6.09 Å². The van der Waals surface area contributed by atoms with Crippen molar-refractivity contribution in [3.8, 4) is 0 Å². The Morgan fingerprint density at radius 2 is 2.09 bits per heavy atom. The summed E-state index contributed by atoms with van der Waals surface area (Å²) in [6, 6.07) is 3.03. The third-order valence-corrected chi connectivity index (χ3v) is 4.25. The number of carbonyl (C=O) groups excluding carboxylic acids is 1. The fraction of sp³-hybridized carbons (Fsp3) is 0.562. The standard InChI is InChI=1S/C16H21Cl2FN2O2/c1-16(2,3)23-15(22)21-8-4-5-10(9-21)20-12-7-6-11(17)13(18)14(12)19/h6-7,10,20H,4-5,8-9H2,1-3H3. The molecule has 4 nitrogen and oxygen atoms in total. The molecule has 1 saturated heterocycles. The minimum atomic E-state index is -0.575. The van der Waals surface area contributed by atoms with Crippen LogP contribution in [0.3, 0.4) is 0 Å². The molecule has 0 spiro atoms. The molecule has 0 bridgehead atoms. The second kappa shape index (κ2) is 7.14. The first-order valence-electron chi connectivity index (χ1n) is 7.55. The lowest BCUT2D eigenvalue weighted by molar-refractivity contribution is 0.0206. The summed E-state index contributed by atoms with van der Waals surface area (Å²) in [6.07, 6.45) is 1.30. The molecule has 1 fully saturated rings. The number of benzene rings is 1. The lowest BCUT2D eigenvalue weighted by Crippen LogP contribution is -2.47. The Morgan fingerprint density at radius 1 is 1.39 bits per heavy atom. The van der Waals surface area contributed by atoms with Crippen LogP contribution in [0.1, 0.15) is 33.6 Å². The second-order valence-corrected chi connectivity index (χ2v) is 7.42.